The van der Waals surface area contributed by atoms with Crippen LogP contribution < -0.4 is 4.74 Å². The molecule has 32 heavy (non-hydrogen) atoms. The molecule has 6 heteroatoms. The molecule has 1 aromatic heterocycles. The van der Waals surface area contributed by atoms with Crippen molar-refractivity contribution in [2.45, 2.75) is 19.6 Å². The van der Waals surface area contributed by atoms with Gasteiger partial charge in [0.05, 0.1) is 13.7 Å². The molecule has 0 spiro atoms. The van der Waals surface area contributed by atoms with Crippen molar-refractivity contribution >= 4 is 16.9 Å². The quantitative estimate of drug-likeness (QED) is 0.425. The zero-order valence-electron chi connectivity index (χ0n) is 17.5. The molecule has 0 aliphatic rings. The summed E-state index contributed by atoms with van der Waals surface area (Å²) < 4.78 is 24.2. The van der Waals surface area contributed by atoms with Gasteiger partial charge in [-0.3, -0.25) is 4.98 Å². The molecule has 0 atom stereocenters. The van der Waals surface area contributed by atoms with Crippen LogP contribution in [0.15, 0.2) is 72.9 Å². The number of pyridine rings is 1. The van der Waals surface area contributed by atoms with Crippen LogP contribution in [-0.2, 0) is 24.4 Å². The maximum atomic E-state index is 13.2. The number of halogens is 1. The van der Waals surface area contributed by atoms with Crippen LogP contribution in [0, 0.1) is 5.82 Å². The van der Waals surface area contributed by atoms with Crippen LogP contribution in [0.1, 0.15) is 32.6 Å². The number of hydrogen-bond acceptors (Lipinski definition) is 5. The molecule has 0 aliphatic heterocycles. The third kappa shape index (κ3) is 4.60. The number of benzene rings is 3. The maximum absolute atomic E-state index is 13.2. The average molecular weight is 431 g/mol. The zero-order valence-corrected chi connectivity index (χ0v) is 17.5. The third-order valence-electron chi connectivity index (χ3n) is 5.19. The highest BCUT2D eigenvalue weighted by Crippen LogP contribution is 2.33. The first-order valence-electron chi connectivity index (χ1n) is 10.1. The van der Waals surface area contributed by atoms with Crippen molar-refractivity contribution < 1.29 is 23.8 Å². The predicted octanol–water partition coefficient (Wildman–Crippen LogP) is 4.82. The molecule has 1 heterocycles. The summed E-state index contributed by atoms with van der Waals surface area (Å²) in [5.41, 5.74) is 3.98. The summed E-state index contributed by atoms with van der Waals surface area (Å²) in [6.07, 6.45) is 2.25. The molecular formula is C26H22FNO4. The molecule has 0 amide bonds. The van der Waals surface area contributed by atoms with Crippen LogP contribution in [0.2, 0.25) is 0 Å². The van der Waals surface area contributed by atoms with E-state index in [1.54, 1.807) is 24.4 Å². The van der Waals surface area contributed by atoms with Crippen molar-refractivity contribution in [1.82, 2.24) is 4.98 Å². The SMILES string of the molecule is COC(=O)c1cc(CO)c2cc(Cc3ccc(F)cc3)cnc2c1OCc1ccccc1. The standard InChI is InChI=1S/C26H22FNO4/c1-31-26(30)23-13-20(15-29)22-12-19(11-17-7-9-21(27)10-8-17)14-28-24(22)25(23)32-16-18-5-3-2-4-6-18/h2-10,12-14,29H,11,15-16H2,1H3. The van der Waals surface area contributed by atoms with Crippen LogP contribution in [0.5, 0.6) is 5.75 Å². The van der Waals surface area contributed by atoms with Crippen molar-refractivity contribution in [1.29, 1.82) is 0 Å². The second-order valence-electron chi connectivity index (χ2n) is 7.38. The van der Waals surface area contributed by atoms with Crippen molar-refractivity contribution in [3.8, 4) is 5.75 Å². The van der Waals surface area contributed by atoms with Gasteiger partial charge < -0.3 is 14.6 Å². The monoisotopic (exact) mass is 431 g/mol. The van der Waals surface area contributed by atoms with Crippen molar-refractivity contribution in [3.05, 3.63) is 107 Å². The summed E-state index contributed by atoms with van der Waals surface area (Å²) in [5, 5.41) is 10.6. The van der Waals surface area contributed by atoms with E-state index in [0.29, 0.717) is 28.6 Å². The molecule has 0 saturated heterocycles. The Hall–Kier alpha value is -3.77. The fourth-order valence-electron chi connectivity index (χ4n) is 3.58. The highest BCUT2D eigenvalue weighted by atomic mass is 19.1. The summed E-state index contributed by atoms with van der Waals surface area (Å²) in [6.45, 7) is -0.0292. The second-order valence-corrected chi connectivity index (χ2v) is 7.38. The Morgan fingerprint density at radius 1 is 1.00 bits per heavy atom. The van der Waals surface area contributed by atoms with E-state index in [9.17, 15) is 14.3 Å². The zero-order chi connectivity index (χ0) is 22.5. The van der Waals surface area contributed by atoms with Gasteiger partial charge in [-0.05, 0) is 52.9 Å². The molecule has 0 aliphatic carbocycles. The van der Waals surface area contributed by atoms with Gasteiger partial charge in [-0.1, -0.05) is 42.5 Å². The van der Waals surface area contributed by atoms with E-state index in [0.717, 1.165) is 16.7 Å². The predicted molar refractivity (Wildman–Crippen MR) is 119 cm³/mol. The Morgan fingerprint density at radius 2 is 1.75 bits per heavy atom. The highest BCUT2D eigenvalue weighted by Gasteiger charge is 2.21. The van der Waals surface area contributed by atoms with Gasteiger partial charge >= 0.3 is 5.97 Å². The van der Waals surface area contributed by atoms with Crippen LogP contribution in [-0.4, -0.2) is 23.2 Å². The first-order valence-corrected chi connectivity index (χ1v) is 10.1. The van der Waals surface area contributed by atoms with Gasteiger partial charge in [0.1, 0.15) is 23.5 Å². The molecule has 162 valence electrons. The lowest BCUT2D eigenvalue weighted by atomic mass is 9.99. The summed E-state index contributed by atoms with van der Waals surface area (Å²) >= 11 is 0. The number of methoxy groups -OCH3 is 1. The molecule has 4 aromatic rings. The molecule has 0 saturated carbocycles. The number of aliphatic hydroxyl groups excluding tert-OH is 1. The van der Waals surface area contributed by atoms with E-state index >= 15 is 0 Å². The number of hydrogen-bond donors (Lipinski definition) is 1. The molecule has 0 unspecified atom stereocenters. The fourth-order valence-corrected chi connectivity index (χ4v) is 3.58. The third-order valence-corrected chi connectivity index (χ3v) is 5.19. The molecule has 0 fully saturated rings. The average Bonchev–Trinajstić information content (AvgIpc) is 2.83. The molecule has 4 rings (SSSR count). The smallest absolute Gasteiger partial charge is 0.341 e. The minimum atomic E-state index is -0.568. The maximum Gasteiger partial charge on any atom is 0.341 e. The number of fused-ring (bicyclic) bond motifs is 1. The number of rotatable bonds is 7. The Balaban J connectivity index is 1.77. The van der Waals surface area contributed by atoms with Crippen molar-refractivity contribution in [2.24, 2.45) is 0 Å². The number of aliphatic hydroxyl groups is 1. The largest absolute Gasteiger partial charge is 0.486 e. The minimum absolute atomic E-state index is 0.207. The lowest BCUT2D eigenvalue weighted by Crippen LogP contribution is -2.09. The summed E-state index contributed by atoms with van der Waals surface area (Å²) in [4.78, 5) is 17.0. The Labute approximate surface area is 185 Å². The van der Waals surface area contributed by atoms with Crippen LogP contribution >= 0.6 is 0 Å². The number of aromatic nitrogens is 1. The topological polar surface area (TPSA) is 68.7 Å². The minimum Gasteiger partial charge on any atom is -0.486 e. The molecule has 1 N–H and O–H groups in total. The van der Waals surface area contributed by atoms with Gasteiger partial charge in [0.2, 0.25) is 0 Å². The summed E-state index contributed by atoms with van der Waals surface area (Å²) in [7, 11) is 1.30. The van der Waals surface area contributed by atoms with E-state index in [-0.39, 0.29) is 24.6 Å². The van der Waals surface area contributed by atoms with Crippen molar-refractivity contribution in [3.63, 3.8) is 0 Å². The highest BCUT2D eigenvalue weighted by molar-refractivity contribution is 6.01. The van der Waals surface area contributed by atoms with E-state index in [1.165, 1.54) is 19.2 Å². The molecular weight excluding hydrogens is 409 g/mol. The van der Waals surface area contributed by atoms with Crippen LogP contribution in [0.25, 0.3) is 10.9 Å². The first kappa shape index (κ1) is 21.5. The summed E-state index contributed by atoms with van der Waals surface area (Å²) in [5.74, 6) is -0.549. The Kier molecular flexibility index (Phi) is 6.42. The summed E-state index contributed by atoms with van der Waals surface area (Å²) in [6, 6.07) is 19.4. The first-order chi connectivity index (χ1) is 15.6. The molecule has 0 radical (unpaired) electrons. The number of carbonyl (C=O) groups excluding carboxylic acids is 1. The number of esters is 1. The second kappa shape index (κ2) is 9.58. The molecule has 5 nitrogen and oxygen atoms in total. The Bertz CT molecular complexity index is 1240. The molecule has 0 bridgehead atoms. The van der Waals surface area contributed by atoms with Gasteiger partial charge in [-0.25, -0.2) is 9.18 Å². The molecule has 3 aromatic carbocycles. The number of carbonyl (C=O) groups is 1. The van der Waals surface area contributed by atoms with Crippen LogP contribution in [0.4, 0.5) is 4.39 Å². The number of nitrogens with zero attached hydrogens (tertiary/aromatic N) is 1. The van der Waals surface area contributed by atoms with Gasteiger partial charge in [0.15, 0.2) is 5.75 Å². The van der Waals surface area contributed by atoms with E-state index in [1.807, 2.05) is 36.4 Å². The normalized spacial score (nSPS) is 10.8. The van der Waals surface area contributed by atoms with Crippen LogP contribution in [0.3, 0.4) is 0 Å². The van der Waals surface area contributed by atoms with E-state index in [4.69, 9.17) is 9.47 Å². The van der Waals surface area contributed by atoms with Gasteiger partial charge in [-0.2, -0.15) is 0 Å². The van der Waals surface area contributed by atoms with E-state index < -0.39 is 5.97 Å². The van der Waals surface area contributed by atoms with E-state index in [2.05, 4.69) is 4.98 Å². The lowest BCUT2D eigenvalue weighted by molar-refractivity contribution is 0.0595. The number of ether oxygens (including phenoxy) is 2. The Morgan fingerprint density at radius 3 is 2.44 bits per heavy atom. The van der Waals surface area contributed by atoms with Gasteiger partial charge in [0.25, 0.3) is 0 Å². The van der Waals surface area contributed by atoms with Crippen molar-refractivity contribution in [2.75, 3.05) is 7.11 Å². The van der Waals surface area contributed by atoms with Gasteiger partial charge in [0, 0.05) is 11.6 Å². The lowest BCUT2D eigenvalue weighted by Gasteiger charge is -2.16. The van der Waals surface area contributed by atoms with Gasteiger partial charge in [-0.15, -0.1) is 0 Å². The fraction of sp³-hybridized carbons (Fsp3) is 0.154.